The van der Waals surface area contributed by atoms with Crippen molar-refractivity contribution in [3.8, 4) is 0 Å². The molecule has 1 aliphatic carbocycles. The molecule has 1 aliphatic rings. The van der Waals surface area contributed by atoms with Crippen molar-refractivity contribution in [1.29, 1.82) is 0 Å². The van der Waals surface area contributed by atoms with E-state index in [1.807, 2.05) is 19.1 Å². The maximum absolute atomic E-state index is 12.2. The van der Waals surface area contributed by atoms with Gasteiger partial charge in [-0.05, 0) is 36.5 Å². The number of ketones is 2. The highest BCUT2D eigenvalue weighted by Gasteiger charge is 2.38. The van der Waals surface area contributed by atoms with Crippen LogP contribution >= 0.6 is 0 Å². The van der Waals surface area contributed by atoms with Crippen LogP contribution in [0.15, 0.2) is 18.3 Å². The van der Waals surface area contributed by atoms with E-state index < -0.39 is 5.92 Å². The van der Waals surface area contributed by atoms with Crippen LogP contribution in [0, 0.1) is 18.8 Å². The molecule has 0 unspecified atom stereocenters. The lowest BCUT2D eigenvalue weighted by molar-refractivity contribution is -0.134. The van der Waals surface area contributed by atoms with E-state index >= 15 is 0 Å². The molecule has 0 spiro atoms. The molecule has 0 bridgehead atoms. The van der Waals surface area contributed by atoms with Gasteiger partial charge in [-0.2, -0.15) is 0 Å². The normalized spacial score (nSPS) is 24.7. The Hall–Kier alpha value is -1.51. The van der Waals surface area contributed by atoms with Gasteiger partial charge in [0.2, 0.25) is 0 Å². The van der Waals surface area contributed by atoms with E-state index in [0.717, 1.165) is 5.56 Å². The van der Waals surface area contributed by atoms with Crippen LogP contribution < -0.4 is 0 Å². The highest BCUT2D eigenvalue weighted by atomic mass is 16.2. The lowest BCUT2D eigenvalue weighted by atomic mass is 9.74. The van der Waals surface area contributed by atoms with E-state index in [1.54, 1.807) is 6.20 Å². The number of hydrogen-bond donors (Lipinski definition) is 0. The first-order chi connectivity index (χ1) is 8.49. The second kappa shape index (κ2) is 5.01. The number of Topliss-reactive ketones (excluding diaryl/α,β-unsaturated/α-hetero) is 2. The van der Waals surface area contributed by atoms with Crippen LogP contribution in [0.1, 0.15) is 43.9 Å². The van der Waals surface area contributed by atoms with Gasteiger partial charge in [-0.15, -0.1) is 0 Å². The molecule has 1 aromatic heterocycles. The Morgan fingerprint density at radius 2 is 1.83 bits per heavy atom. The van der Waals surface area contributed by atoms with E-state index in [-0.39, 0.29) is 17.5 Å². The lowest BCUT2D eigenvalue weighted by Crippen LogP contribution is -2.34. The Balaban J connectivity index is 2.25. The quantitative estimate of drug-likeness (QED) is 0.753. The van der Waals surface area contributed by atoms with Gasteiger partial charge in [-0.25, -0.2) is 0 Å². The summed E-state index contributed by atoms with van der Waals surface area (Å²) in [5.74, 6) is 0.0152. The van der Waals surface area contributed by atoms with Crippen LogP contribution in [0.4, 0.5) is 0 Å². The Morgan fingerprint density at radius 1 is 1.22 bits per heavy atom. The zero-order chi connectivity index (χ0) is 13.3. The molecule has 3 nitrogen and oxygen atoms in total. The third kappa shape index (κ3) is 2.50. The summed E-state index contributed by atoms with van der Waals surface area (Å²) in [5.41, 5.74) is 1.65. The van der Waals surface area contributed by atoms with Gasteiger partial charge in [0.05, 0.1) is 5.69 Å². The minimum Gasteiger partial charge on any atom is -0.298 e. The molecule has 1 heterocycles. The van der Waals surface area contributed by atoms with Gasteiger partial charge in [0, 0.05) is 19.0 Å². The number of aryl methyl sites for hydroxylation is 1. The van der Waals surface area contributed by atoms with Crippen molar-refractivity contribution in [2.75, 3.05) is 0 Å². The first-order valence-electron chi connectivity index (χ1n) is 6.47. The molecule has 2 rings (SSSR count). The molecular weight excluding hydrogens is 226 g/mol. The van der Waals surface area contributed by atoms with Crippen LogP contribution in [-0.4, -0.2) is 16.6 Å². The molecular formula is C15H19NO2. The van der Waals surface area contributed by atoms with Crippen LogP contribution in [0.2, 0.25) is 0 Å². The summed E-state index contributed by atoms with van der Waals surface area (Å²) in [7, 11) is 0. The van der Waals surface area contributed by atoms with Crippen LogP contribution in [0.5, 0.6) is 0 Å². The Labute approximate surface area is 108 Å². The summed E-state index contributed by atoms with van der Waals surface area (Å²) >= 11 is 0. The van der Waals surface area contributed by atoms with Crippen molar-refractivity contribution in [3.05, 3.63) is 29.6 Å². The summed E-state index contributed by atoms with van der Waals surface area (Å²) in [4.78, 5) is 28.5. The van der Waals surface area contributed by atoms with E-state index in [0.29, 0.717) is 24.5 Å². The van der Waals surface area contributed by atoms with Crippen LogP contribution in [0.25, 0.3) is 0 Å². The molecule has 0 atom stereocenters. The average molecular weight is 245 g/mol. The van der Waals surface area contributed by atoms with Gasteiger partial charge in [0.1, 0.15) is 17.5 Å². The number of carbonyl (C=O) groups excluding carboxylic acids is 2. The van der Waals surface area contributed by atoms with Gasteiger partial charge >= 0.3 is 0 Å². The monoisotopic (exact) mass is 245 g/mol. The molecule has 18 heavy (non-hydrogen) atoms. The number of aromatic nitrogens is 1. The molecule has 0 aromatic carbocycles. The van der Waals surface area contributed by atoms with E-state index in [1.165, 1.54) is 0 Å². The average Bonchev–Trinajstić information content (AvgIpc) is 2.27. The summed E-state index contributed by atoms with van der Waals surface area (Å²) in [6.07, 6.45) is 2.67. The fourth-order valence-electron chi connectivity index (χ4n) is 2.52. The minimum atomic E-state index is -0.625. The Morgan fingerprint density at radius 3 is 2.33 bits per heavy atom. The molecule has 0 N–H and O–H groups in total. The highest BCUT2D eigenvalue weighted by Crippen LogP contribution is 2.33. The molecule has 96 valence electrons. The zero-order valence-corrected chi connectivity index (χ0v) is 11.1. The second-order valence-corrected chi connectivity index (χ2v) is 5.54. The van der Waals surface area contributed by atoms with Crippen molar-refractivity contribution in [1.82, 2.24) is 4.98 Å². The SMILES string of the molecule is Cc1ccnc(C2C(=O)CC(C(C)C)CC2=O)c1. The summed E-state index contributed by atoms with van der Waals surface area (Å²) in [6, 6.07) is 3.72. The van der Waals surface area contributed by atoms with Crippen molar-refractivity contribution < 1.29 is 9.59 Å². The maximum Gasteiger partial charge on any atom is 0.149 e. The third-order valence-electron chi connectivity index (χ3n) is 3.75. The largest absolute Gasteiger partial charge is 0.298 e. The summed E-state index contributed by atoms with van der Waals surface area (Å²) in [6.45, 7) is 6.08. The van der Waals surface area contributed by atoms with E-state index in [9.17, 15) is 9.59 Å². The number of hydrogen-bond acceptors (Lipinski definition) is 3. The zero-order valence-electron chi connectivity index (χ0n) is 11.1. The fourth-order valence-corrected chi connectivity index (χ4v) is 2.52. The first-order valence-corrected chi connectivity index (χ1v) is 6.47. The van der Waals surface area contributed by atoms with Crippen molar-refractivity contribution in [3.63, 3.8) is 0 Å². The summed E-state index contributed by atoms with van der Waals surface area (Å²) in [5, 5.41) is 0. The topological polar surface area (TPSA) is 47.0 Å². The van der Waals surface area contributed by atoms with Gasteiger partial charge in [-0.1, -0.05) is 13.8 Å². The maximum atomic E-state index is 12.2. The smallest absolute Gasteiger partial charge is 0.149 e. The number of carbonyl (C=O) groups is 2. The number of rotatable bonds is 2. The fraction of sp³-hybridized carbons (Fsp3) is 0.533. The van der Waals surface area contributed by atoms with E-state index in [2.05, 4.69) is 18.8 Å². The predicted molar refractivity (Wildman–Crippen MR) is 69.3 cm³/mol. The molecule has 0 radical (unpaired) electrons. The van der Waals surface area contributed by atoms with Gasteiger partial charge in [0.15, 0.2) is 0 Å². The van der Waals surface area contributed by atoms with Crippen molar-refractivity contribution in [2.24, 2.45) is 11.8 Å². The molecule has 0 aliphatic heterocycles. The summed E-state index contributed by atoms with van der Waals surface area (Å²) < 4.78 is 0. The lowest BCUT2D eigenvalue weighted by Gasteiger charge is -2.28. The molecule has 3 heteroatoms. The van der Waals surface area contributed by atoms with Gasteiger partial charge in [0.25, 0.3) is 0 Å². The highest BCUT2D eigenvalue weighted by molar-refractivity contribution is 6.09. The molecule has 1 aromatic rings. The Bertz CT molecular complexity index is 461. The first kappa shape index (κ1) is 12.9. The minimum absolute atomic E-state index is 0.0306. The second-order valence-electron chi connectivity index (χ2n) is 5.54. The van der Waals surface area contributed by atoms with Crippen molar-refractivity contribution in [2.45, 2.75) is 39.5 Å². The Kier molecular flexibility index (Phi) is 3.60. The molecule has 1 fully saturated rings. The van der Waals surface area contributed by atoms with Gasteiger partial charge in [-0.3, -0.25) is 14.6 Å². The predicted octanol–water partition coefficient (Wildman–Crippen LogP) is 2.68. The van der Waals surface area contributed by atoms with E-state index in [4.69, 9.17) is 0 Å². The van der Waals surface area contributed by atoms with Crippen LogP contribution in [-0.2, 0) is 9.59 Å². The van der Waals surface area contributed by atoms with Crippen molar-refractivity contribution >= 4 is 11.6 Å². The molecule has 0 amide bonds. The van der Waals surface area contributed by atoms with Gasteiger partial charge < -0.3 is 0 Å². The molecule has 1 saturated carbocycles. The standard InChI is InChI=1S/C15H19NO2/c1-9(2)11-7-13(17)15(14(18)8-11)12-6-10(3)4-5-16-12/h4-6,9,11,15H,7-8H2,1-3H3. The number of nitrogens with zero attached hydrogens (tertiary/aromatic N) is 1. The third-order valence-corrected chi connectivity index (χ3v) is 3.75. The van der Waals surface area contributed by atoms with Crippen LogP contribution in [0.3, 0.4) is 0 Å². The number of pyridine rings is 1. The molecule has 0 saturated heterocycles.